The van der Waals surface area contributed by atoms with Crippen molar-refractivity contribution >= 4 is 23.5 Å². The standard InChI is InChI=1S/C14H19N5OS/c1-9-3-10(2)7-19(6-9)12(20)8-21-14-17-5-11(4-15)13(16)18-14/h5,9-10H,3,6-8H2,1-2H3,(H2,16,17,18)/t9-,10+. The zero-order valence-electron chi connectivity index (χ0n) is 12.2. The van der Waals surface area contributed by atoms with Crippen molar-refractivity contribution in [3.63, 3.8) is 0 Å². The van der Waals surface area contributed by atoms with E-state index in [-0.39, 0.29) is 17.3 Å². The summed E-state index contributed by atoms with van der Waals surface area (Å²) < 4.78 is 0. The minimum Gasteiger partial charge on any atom is -0.382 e. The highest BCUT2D eigenvalue weighted by atomic mass is 32.2. The van der Waals surface area contributed by atoms with Gasteiger partial charge < -0.3 is 10.6 Å². The molecule has 1 saturated heterocycles. The number of likely N-dealkylation sites (tertiary alicyclic amines) is 1. The van der Waals surface area contributed by atoms with Crippen molar-refractivity contribution in [1.82, 2.24) is 14.9 Å². The van der Waals surface area contributed by atoms with Crippen LogP contribution in [0.3, 0.4) is 0 Å². The van der Waals surface area contributed by atoms with Gasteiger partial charge in [-0.1, -0.05) is 25.6 Å². The number of anilines is 1. The Kier molecular flexibility index (Phi) is 5.02. The van der Waals surface area contributed by atoms with Crippen LogP contribution < -0.4 is 5.73 Å². The van der Waals surface area contributed by atoms with Crippen molar-refractivity contribution in [2.75, 3.05) is 24.6 Å². The number of rotatable bonds is 3. The summed E-state index contributed by atoms with van der Waals surface area (Å²) in [7, 11) is 0. The van der Waals surface area contributed by atoms with Crippen LogP contribution in [0.1, 0.15) is 25.8 Å². The van der Waals surface area contributed by atoms with E-state index < -0.39 is 0 Å². The van der Waals surface area contributed by atoms with Crippen LogP contribution in [0.5, 0.6) is 0 Å². The molecule has 6 nitrogen and oxygen atoms in total. The molecule has 2 rings (SSSR count). The first-order chi connectivity index (χ1) is 9.99. The molecule has 0 radical (unpaired) electrons. The van der Waals surface area contributed by atoms with Gasteiger partial charge in [-0.05, 0) is 18.3 Å². The van der Waals surface area contributed by atoms with Crippen LogP contribution in [-0.4, -0.2) is 39.6 Å². The van der Waals surface area contributed by atoms with Crippen LogP contribution in [0.15, 0.2) is 11.4 Å². The monoisotopic (exact) mass is 305 g/mol. The maximum Gasteiger partial charge on any atom is 0.233 e. The molecule has 1 fully saturated rings. The van der Waals surface area contributed by atoms with Gasteiger partial charge in [0.05, 0.1) is 11.9 Å². The minimum absolute atomic E-state index is 0.102. The van der Waals surface area contributed by atoms with Crippen molar-refractivity contribution in [3.8, 4) is 6.07 Å². The maximum atomic E-state index is 12.2. The number of aromatic nitrogens is 2. The molecule has 2 N–H and O–H groups in total. The number of nitriles is 1. The molecule has 1 amide bonds. The first-order valence-electron chi connectivity index (χ1n) is 6.92. The second kappa shape index (κ2) is 6.76. The van der Waals surface area contributed by atoms with Crippen LogP contribution in [0.4, 0.5) is 5.82 Å². The SMILES string of the molecule is C[C@@H]1C[C@H](C)CN(C(=O)CSc2ncc(C#N)c(N)n2)C1. The summed E-state index contributed by atoms with van der Waals surface area (Å²) >= 11 is 1.26. The Balaban J connectivity index is 1.92. The van der Waals surface area contributed by atoms with Gasteiger partial charge in [-0.2, -0.15) is 5.26 Å². The highest BCUT2D eigenvalue weighted by Crippen LogP contribution is 2.23. The molecular weight excluding hydrogens is 286 g/mol. The predicted molar refractivity (Wildman–Crippen MR) is 81.4 cm³/mol. The van der Waals surface area contributed by atoms with Gasteiger partial charge in [-0.15, -0.1) is 0 Å². The van der Waals surface area contributed by atoms with E-state index in [0.29, 0.717) is 22.7 Å². The van der Waals surface area contributed by atoms with E-state index in [9.17, 15) is 4.79 Å². The molecule has 1 aliphatic heterocycles. The number of piperidine rings is 1. The number of nitrogens with two attached hydrogens (primary N) is 1. The van der Waals surface area contributed by atoms with Crippen molar-refractivity contribution in [2.45, 2.75) is 25.4 Å². The molecule has 0 unspecified atom stereocenters. The molecule has 2 atom stereocenters. The zero-order chi connectivity index (χ0) is 15.4. The number of hydrogen-bond acceptors (Lipinski definition) is 6. The molecule has 21 heavy (non-hydrogen) atoms. The summed E-state index contributed by atoms with van der Waals surface area (Å²) in [5, 5.41) is 9.20. The van der Waals surface area contributed by atoms with Crippen molar-refractivity contribution < 1.29 is 4.79 Å². The lowest BCUT2D eigenvalue weighted by atomic mass is 9.92. The number of nitrogens with zero attached hydrogens (tertiary/aromatic N) is 4. The lowest BCUT2D eigenvalue weighted by molar-refractivity contribution is -0.130. The smallest absolute Gasteiger partial charge is 0.233 e. The number of nitrogen functional groups attached to an aromatic ring is 1. The maximum absolute atomic E-state index is 12.2. The molecule has 1 aromatic heterocycles. The van der Waals surface area contributed by atoms with E-state index in [4.69, 9.17) is 11.0 Å². The Hall–Kier alpha value is -1.81. The van der Waals surface area contributed by atoms with Crippen LogP contribution in [0, 0.1) is 23.2 Å². The average Bonchev–Trinajstić information content (AvgIpc) is 2.43. The molecule has 2 heterocycles. The van der Waals surface area contributed by atoms with Crippen LogP contribution in [0.25, 0.3) is 0 Å². The number of amides is 1. The fourth-order valence-electron chi connectivity index (χ4n) is 2.62. The molecule has 7 heteroatoms. The summed E-state index contributed by atoms with van der Waals surface area (Å²) in [4.78, 5) is 22.2. The molecule has 0 aliphatic carbocycles. The third-order valence-corrected chi connectivity index (χ3v) is 4.31. The molecule has 112 valence electrons. The Morgan fingerprint density at radius 1 is 1.52 bits per heavy atom. The van der Waals surface area contributed by atoms with Gasteiger partial charge in [-0.3, -0.25) is 4.79 Å². The fourth-order valence-corrected chi connectivity index (χ4v) is 3.34. The highest BCUT2D eigenvalue weighted by molar-refractivity contribution is 7.99. The van der Waals surface area contributed by atoms with E-state index in [1.807, 2.05) is 11.0 Å². The zero-order valence-corrected chi connectivity index (χ0v) is 13.1. The van der Waals surface area contributed by atoms with E-state index >= 15 is 0 Å². The van der Waals surface area contributed by atoms with Crippen molar-refractivity contribution in [2.24, 2.45) is 11.8 Å². The number of thioether (sulfide) groups is 1. The molecular formula is C14H19N5OS. The Morgan fingerprint density at radius 3 is 2.76 bits per heavy atom. The number of carbonyl (C=O) groups is 1. The molecule has 1 aliphatic rings. The largest absolute Gasteiger partial charge is 0.382 e. The Labute approximate surface area is 128 Å². The topological polar surface area (TPSA) is 95.9 Å². The molecule has 1 aromatic rings. The summed E-state index contributed by atoms with van der Waals surface area (Å²) in [5.41, 5.74) is 5.89. The van der Waals surface area contributed by atoms with Gasteiger partial charge in [0, 0.05) is 13.1 Å². The number of hydrogen-bond donors (Lipinski definition) is 1. The molecule has 0 aromatic carbocycles. The van der Waals surface area contributed by atoms with Crippen molar-refractivity contribution in [3.05, 3.63) is 11.8 Å². The van der Waals surface area contributed by atoms with Gasteiger partial charge in [0.15, 0.2) is 5.16 Å². The lowest BCUT2D eigenvalue weighted by Crippen LogP contribution is -2.43. The summed E-state index contributed by atoms with van der Waals surface area (Å²) in [5.74, 6) is 1.65. The van der Waals surface area contributed by atoms with E-state index in [0.717, 1.165) is 13.1 Å². The predicted octanol–water partition coefficient (Wildman–Crippen LogP) is 1.53. The first-order valence-corrected chi connectivity index (χ1v) is 7.91. The van der Waals surface area contributed by atoms with Crippen LogP contribution >= 0.6 is 11.8 Å². The first kappa shape index (κ1) is 15.6. The fraction of sp³-hybridized carbons (Fsp3) is 0.571. The van der Waals surface area contributed by atoms with Crippen molar-refractivity contribution in [1.29, 1.82) is 5.26 Å². The van der Waals surface area contributed by atoms with E-state index in [1.54, 1.807) is 0 Å². The van der Waals surface area contributed by atoms with E-state index in [2.05, 4.69) is 23.8 Å². The quantitative estimate of drug-likeness (QED) is 0.672. The number of carbonyl (C=O) groups excluding carboxylic acids is 1. The Bertz CT molecular complexity index is 561. The highest BCUT2D eigenvalue weighted by Gasteiger charge is 2.25. The van der Waals surface area contributed by atoms with Gasteiger partial charge in [0.2, 0.25) is 5.91 Å². The minimum atomic E-state index is 0.102. The average molecular weight is 305 g/mol. The molecule has 0 spiro atoms. The molecule has 0 saturated carbocycles. The van der Waals surface area contributed by atoms with Gasteiger partial charge >= 0.3 is 0 Å². The molecule has 0 bridgehead atoms. The third-order valence-electron chi connectivity index (χ3n) is 3.46. The van der Waals surface area contributed by atoms with Gasteiger partial charge in [0.25, 0.3) is 0 Å². The third kappa shape index (κ3) is 4.08. The second-order valence-corrected chi connectivity index (χ2v) is 6.54. The van der Waals surface area contributed by atoms with Crippen LogP contribution in [0.2, 0.25) is 0 Å². The van der Waals surface area contributed by atoms with Gasteiger partial charge in [-0.25, -0.2) is 9.97 Å². The van der Waals surface area contributed by atoms with Crippen LogP contribution in [-0.2, 0) is 4.79 Å². The summed E-state index contributed by atoms with van der Waals surface area (Å²) in [6.45, 7) is 5.99. The lowest BCUT2D eigenvalue weighted by Gasteiger charge is -2.34. The normalized spacial score (nSPS) is 21.9. The summed E-state index contributed by atoms with van der Waals surface area (Å²) in [6, 6.07) is 1.91. The Morgan fingerprint density at radius 2 is 2.19 bits per heavy atom. The second-order valence-electron chi connectivity index (χ2n) is 5.60. The van der Waals surface area contributed by atoms with E-state index in [1.165, 1.54) is 24.4 Å². The van der Waals surface area contributed by atoms with Gasteiger partial charge in [0.1, 0.15) is 17.5 Å². The summed E-state index contributed by atoms with van der Waals surface area (Å²) in [6.07, 6.45) is 2.56.